The van der Waals surface area contributed by atoms with Crippen molar-refractivity contribution in [1.82, 2.24) is 9.13 Å². The van der Waals surface area contributed by atoms with Crippen LogP contribution in [0.3, 0.4) is 0 Å². The lowest BCUT2D eigenvalue weighted by molar-refractivity contribution is 1.18. The maximum absolute atomic E-state index is 2.49. The molecule has 3 aromatic heterocycles. The second kappa shape index (κ2) is 12.7. The van der Waals surface area contributed by atoms with Gasteiger partial charge in [-0.05, 0) is 94.0 Å². The zero-order valence-corrected chi connectivity index (χ0v) is 31.7. The molecule has 0 fully saturated rings. The molecule has 0 bridgehead atoms. The summed E-state index contributed by atoms with van der Waals surface area (Å²) in [6, 6.07) is 75.5. The van der Waals surface area contributed by atoms with Crippen molar-refractivity contribution >= 4 is 75.1 Å². The number of aromatic nitrogens is 2. The lowest BCUT2D eigenvalue weighted by atomic mass is 9.96. The molecular weight excluding hydrogens is 709 g/mol. The summed E-state index contributed by atoms with van der Waals surface area (Å²) in [5, 5.41) is 7.64. The molecule has 12 rings (SSSR count). The van der Waals surface area contributed by atoms with Crippen molar-refractivity contribution in [1.29, 1.82) is 0 Å². The van der Waals surface area contributed by atoms with Crippen LogP contribution in [0.15, 0.2) is 206 Å². The van der Waals surface area contributed by atoms with Gasteiger partial charge in [-0.15, -0.1) is 11.3 Å². The zero-order valence-electron chi connectivity index (χ0n) is 30.9. The molecule has 266 valence electrons. The standard InChI is InChI=1S/C54H34N2S/c1-3-13-35(14-4-1)36-23-25-37(26-24-36)41-29-32-51(54-53(41)44-19-9-12-22-52(44)57-54)56-48-21-11-8-18-43(48)46-34-39(28-31-50(46)56)38-27-30-49-45(33-38)42-17-7-10-20-47(42)55(49)40-15-5-2-6-16-40/h1-34H. The molecule has 3 heterocycles. The Morgan fingerprint density at radius 2 is 0.807 bits per heavy atom. The van der Waals surface area contributed by atoms with Gasteiger partial charge in [0.05, 0.1) is 32.5 Å². The number of nitrogens with zero attached hydrogens (tertiary/aromatic N) is 2. The number of para-hydroxylation sites is 3. The smallest absolute Gasteiger partial charge is 0.0641 e. The Morgan fingerprint density at radius 3 is 1.49 bits per heavy atom. The van der Waals surface area contributed by atoms with Crippen LogP contribution in [-0.2, 0) is 0 Å². The minimum atomic E-state index is 1.17. The fourth-order valence-corrected chi connectivity index (χ4v) is 10.4. The van der Waals surface area contributed by atoms with Gasteiger partial charge in [0.2, 0.25) is 0 Å². The van der Waals surface area contributed by atoms with Crippen LogP contribution in [0.25, 0.3) is 109 Å². The molecule has 0 aliphatic heterocycles. The van der Waals surface area contributed by atoms with Crippen molar-refractivity contribution in [3.05, 3.63) is 206 Å². The molecule has 12 aromatic rings. The second-order valence-corrected chi connectivity index (χ2v) is 15.9. The van der Waals surface area contributed by atoms with E-state index in [0.29, 0.717) is 0 Å². The van der Waals surface area contributed by atoms with Crippen LogP contribution in [0.2, 0.25) is 0 Å². The molecule has 0 amide bonds. The third-order valence-corrected chi connectivity index (χ3v) is 12.9. The van der Waals surface area contributed by atoms with E-state index in [-0.39, 0.29) is 0 Å². The molecule has 2 nitrogen and oxygen atoms in total. The van der Waals surface area contributed by atoms with Crippen molar-refractivity contribution in [2.45, 2.75) is 0 Å². The third-order valence-electron chi connectivity index (χ3n) is 11.7. The molecule has 3 heteroatoms. The largest absolute Gasteiger partial charge is 0.309 e. The SMILES string of the molecule is c1ccc(-c2ccc(-c3ccc(-n4c5ccccc5c5cc(-c6ccc7c(c6)c6ccccc6n7-c6ccccc6)ccc54)c4sc5ccccc5c34)cc2)cc1. The van der Waals surface area contributed by atoms with Gasteiger partial charge in [0.1, 0.15) is 0 Å². The Kier molecular flexibility index (Phi) is 7.13. The van der Waals surface area contributed by atoms with E-state index < -0.39 is 0 Å². The highest BCUT2D eigenvalue weighted by Crippen LogP contribution is 2.46. The van der Waals surface area contributed by atoms with Gasteiger partial charge in [-0.25, -0.2) is 0 Å². The van der Waals surface area contributed by atoms with Gasteiger partial charge >= 0.3 is 0 Å². The quantitative estimate of drug-likeness (QED) is 0.166. The highest BCUT2D eigenvalue weighted by Gasteiger charge is 2.20. The number of fused-ring (bicyclic) bond motifs is 9. The monoisotopic (exact) mass is 742 g/mol. The summed E-state index contributed by atoms with van der Waals surface area (Å²) >= 11 is 1.89. The molecular formula is C54H34N2S. The molecule has 0 aliphatic rings. The molecule has 0 saturated heterocycles. The molecule has 9 aromatic carbocycles. The van der Waals surface area contributed by atoms with E-state index in [1.807, 2.05) is 11.3 Å². The maximum atomic E-state index is 2.49. The van der Waals surface area contributed by atoms with E-state index in [2.05, 4.69) is 215 Å². The van der Waals surface area contributed by atoms with Gasteiger partial charge in [-0.2, -0.15) is 0 Å². The van der Waals surface area contributed by atoms with Crippen LogP contribution >= 0.6 is 11.3 Å². The third kappa shape index (κ3) is 4.96. The maximum Gasteiger partial charge on any atom is 0.0641 e. The van der Waals surface area contributed by atoms with Gasteiger partial charge in [-0.1, -0.05) is 146 Å². The fourth-order valence-electron chi connectivity index (χ4n) is 9.12. The van der Waals surface area contributed by atoms with Crippen LogP contribution in [-0.4, -0.2) is 9.13 Å². The molecule has 0 radical (unpaired) electrons. The lowest BCUT2D eigenvalue weighted by Crippen LogP contribution is -1.95. The molecule has 0 aliphatic carbocycles. The van der Waals surface area contributed by atoms with Crippen LogP contribution in [0.4, 0.5) is 0 Å². The zero-order chi connectivity index (χ0) is 37.5. The van der Waals surface area contributed by atoms with Crippen molar-refractivity contribution < 1.29 is 0 Å². The van der Waals surface area contributed by atoms with Crippen LogP contribution < -0.4 is 0 Å². The summed E-state index contributed by atoms with van der Waals surface area (Å²) in [5.74, 6) is 0. The van der Waals surface area contributed by atoms with E-state index in [1.54, 1.807) is 0 Å². The Morgan fingerprint density at radius 1 is 0.316 bits per heavy atom. The summed E-state index contributed by atoms with van der Waals surface area (Å²) in [5.41, 5.74) is 14.6. The molecule has 0 atom stereocenters. The fraction of sp³-hybridized carbons (Fsp3) is 0. The minimum Gasteiger partial charge on any atom is -0.309 e. The van der Waals surface area contributed by atoms with Crippen LogP contribution in [0.5, 0.6) is 0 Å². The minimum absolute atomic E-state index is 1.17. The van der Waals surface area contributed by atoms with Gasteiger partial charge < -0.3 is 9.13 Å². The van der Waals surface area contributed by atoms with E-state index in [9.17, 15) is 0 Å². The Bertz CT molecular complexity index is 3490. The van der Waals surface area contributed by atoms with Crippen LogP contribution in [0.1, 0.15) is 0 Å². The molecule has 57 heavy (non-hydrogen) atoms. The number of thiophene rings is 1. The second-order valence-electron chi connectivity index (χ2n) is 14.9. The number of rotatable bonds is 5. The predicted molar refractivity (Wildman–Crippen MR) is 244 cm³/mol. The average Bonchev–Trinajstić information content (AvgIpc) is 3.95. The van der Waals surface area contributed by atoms with E-state index in [0.717, 1.165) is 0 Å². The van der Waals surface area contributed by atoms with Crippen molar-refractivity contribution in [3.63, 3.8) is 0 Å². The lowest BCUT2D eigenvalue weighted by Gasteiger charge is -2.13. The Hall–Kier alpha value is -7.20. The van der Waals surface area contributed by atoms with Crippen molar-refractivity contribution in [3.8, 4) is 44.8 Å². The van der Waals surface area contributed by atoms with Crippen molar-refractivity contribution in [2.75, 3.05) is 0 Å². The van der Waals surface area contributed by atoms with Gasteiger partial charge in [0, 0.05) is 42.7 Å². The predicted octanol–water partition coefficient (Wildman–Crippen LogP) is 15.2. The van der Waals surface area contributed by atoms with E-state index in [1.165, 1.54) is 109 Å². The van der Waals surface area contributed by atoms with Gasteiger partial charge in [0.25, 0.3) is 0 Å². The number of hydrogen-bond acceptors (Lipinski definition) is 1. The molecule has 0 saturated carbocycles. The van der Waals surface area contributed by atoms with E-state index in [4.69, 9.17) is 0 Å². The van der Waals surface area contributed by atoms with Gasteiger partial charge in [-0.3, -0.25) is 0 Å². The summed E-state index contributed by atoms with van der Waals surface area (Å²) in [6.07, 6.45) is 0. The first-order valence-electron chi connectivity index (χ1n) is 19.5. The highest BCUT2D eigenvalue weighted by molar-refractivity contribution is 7.26. The number of hydrogen-bond donors (Lipinski definition) is 0. The summed E-state index contributed by atoms with van der Waals surface area (Å²) in [6.45, 7) is 0. The Labute approximate surface area is 333 Å². The molecule has 0 spiro atoms. The summed E-state index contributed by atoms with van der Waals surface area (Å²) in [7, 11) is 0. The molecule has 0 N–H and O–H groups in total. The van der Waals surface area contributed by atoms with Gasteiger partial charge in [0.15, 0.2) is 0 Å². The van der Waals surface area contributed by atoms with E-state index >= 15 is 0 Å². The first-order valence-corrected chi connectivity index (χ1v) is 20.3. The normalized spacial score (nSPS) is 11.9. The summed E-state index contributed by atoms with van der Waals surface area (Å²) < 4.78 is 7.47. The number of benzene rings is 9. The van der Waals surface area contributed by atoms with Crippen LogP contribution in [0, 0.1) is 0 Å². The Balaban J connectivity index is 1.04. The molecule has 0 unspecified atom stereocenters. The summed E-state index contributed by atoms with van der Waals surface area (Å²) in [4.78, 5) is 0. The van der Waals surface area contributed by atoms with Crippen molar-refractivity contribution in [2.24, 2.45) is 0 Å². The average molecular weight is 743 g/mol. The topological polar surface area (TPSA) is 9.86 Å². The highest BCUT2D eigenvalue weighted by atomic mass is 32.1. The first kappa shape index (κ1) is 32.1. The first-order chi connectivity index (χ1) is 28.3.